The van der Waals surface area contributed by atoms with Crippen molar-refractivity contribution in [1.29, 1.82) is 0 Å². The van der Waals surface area contributed by atoms with Crippen LogP contribution in [0.5, 0.6) is 17.2 Å². The van der Waals surface area contributed by atoms with Gasteiger partial charge in [-0.15, -0.1) is 0 Å². The highest BCUT2D eigenvalue weighted by atomic mass is 19.1. The molecule has 2 aromatic heterocycles. The van der Waals surface area contributed by atoms with Gasteiger partial charge in [0.1, 0.15) is 35.2 Å². The first-order valence-electron chi connectivity index (χ1n) is 8.20. The van der Waals surface area contributed by atoms with Crippen LogP contribution in [0.25, 0.3) is 11.2 Å². The number of imidazole rings is 1. The molecule has 4 rings (SSSR count). The summed E-state index contributed by atoms with van der Waals surface area (Å²) in [6.45, 7) is 1.15. The van der Waals surface area contributed by atoms with Crippen LogP contribution in [-0.2, 0) is 6.54 Å². The Hall–Kier alpha value is -3.41. The third kappa shape index (κ3) is 3.64. The molecule has 6 heteroatoms. The molecule has 0 radical (unpaired) electrons. The maximum atomic E-state index is 12.9. The van der Waals surface area contributed by atoms with E-state index < -0.39 is 0 Å². The number of nitrogens with zero attached hydrogens (tertiary/aromatic N) is 3. The topological polar surface area (TPSA) is 49.2 Å². The number of ether oxygens (including phenoxy) is 2. The van der Waals surface area contributed by atoms with Gasteiger partial charge < -0.3 is 14.0 Å². The Labute approximate surface area is 149 Å². The van der Waals surface area contributed by atoms with Crippen molar-refractivity contribution >= 4 is 11.2 Å². The molecule has 0 spiro atoms. The number of pyridine rings is 1. The molecule has 0 aliphatic rings. The molecule has 4 aromatic rings. The van der Waals surface area contributed by atoms with Gasteiger partial charge in [-0.3, -0.25) is 0 Å². The second-order valence-electron chi connectivity index (χ2n) is 5.66. The summed E-state index contributed by atoms with van der Waals surface area (Å²) >= 11 is 0. The fourth-order valence-electron chi connectivity index (χ4n) is 2.57. The van der Waals surface area contributed by atoms with Crippen LogP contribution in [0.1, 0.15) is 0 Å². The number of halogens is 1. The molecule has 0 saturated carbocycles. The Morgan fingerprint density at radius 1 is 0.846 bits per heavy atom. The first-order valence-corrected chi connectivity index (χ1v) is 8.20. The van der Waals surface area contributed by atoms with Crippen LogP contribution in [-0.4, -0.2) is 21.1 Å². The molecule has 0 unspecified atom stereocenters. The molecule has 0 aliphatic carbocycles. The van der Waals surface area contributed by atoms with E-state index in [1.165, 1.54) is 12.1 Å². The van der Waals surface area contributed by atoms with Gasteiger partial charge in [-0.05, 0) is 60.7 Å². The largest absolute Gasteiger partial charge is 0.492 e. The van der Waals surface area contributed by atoms with Crippen molar-refractivity contribution in [2.75, 3.05) is 6.61 Å². The van der Waals surface area contributed by atoms with E-state index in [1.807, 2.05) is 41.0 Å². The maximum absolute atomic E-state index is 12.9. The van der Waals surface area contributed by atoms with Crippen LogP contribution in [0.4, 0.5) is 4.39 Å². The zero-order valence-corrected chi connectivity index (χ0v) is 13.9. The normalized spacial score (nSPS) is 10.8. The highest BCUT2D eigenvalue weighted by Crippen LogP contribution is 2.24. The summed E-state index contributed by atoms with van der Waals surface area (Å²) in [7, 11) is 0. The van der Waals surface area contributed by atoms with Gasteiger partial charge in [0.05, 0.1) is 12.9 Å². The second kappa shape index (κ2) is 7.23. The van der Waals surface area contributed by atoms with Gasteiger partial charge in [0.15, 0.2) is 5.65 Å². The van der Waals surface area contributed by atoms with Crippen molar-refractivity contribution in [3.8, 4) is 17.2 Å². The van der Waals surface area contributed by atoms with Crippen LogP contribution in [0.2, 0.25) is 0 Å². The van der Waals surface area contributed by atoms with Crippen molar-refractivity contribution in [2.45, 2.75) is 6.54 Å². The van der Waals surface area contributed by atoms with E-state index in [1.54, 1.807) is 24.7 Å². The summed E-state index contributed by atoms with van der Waals surface area (Å²) in [4.78, 5) is 8.63. The Balaban J connectivity index is 1.33. The summed E-state index contributed by atoms with van der Waals surface area (Å²) in [6.07, 6.45) is 3.52. The van der Waals surface area contributed by atoms with Crippen LogP contribution >= 0.6 is 0 Å². The fraction of sp³-hybridized carbons (Fsp3) is 0.100. The van der Waals surface area contributed by atoms with E-state index in [4.69, 9.17) is 9.47 Å². The van der Waals surface area contributed by atoms with Gasteiger partial charge in [0.2, 0.25) is 0 Å². The molecule has 0 N–H and O–H groups in total. The average molecular weight is 349 g/mol. The van der Waals surface area contributed by atoms with Crippen molar-refractivity contribution in [2.24, 2.45) is 0 Å². The molecule has 5 nitrogen and oxygen atoms in total. The number of hydrogen-bond donors (Lipinski definition) is 0. The highest BCUT2D eigenvalue weighted by Gasteiger charge is 2.03. The molecular formula is C20H16FN3O2. The highest BCUT2D eigenvalue weighted by molar-refractivity contribution is 5.69. The summed E-state index contributed by atoms with van der Waals surface area (Å²) in [5.41, 5.74) is 1.72. The van der Waals surface area contributed by atoms with Gasteiger partial charge in [-0.2, -0.15) is 0 Å². The molecule has 0 amide bonds. The van der Waals surface area contributed by atoms with Gasteiger partial charge in [-0.25, -0.2) is 14.4 Å². The minimum absolute atomic E-state index is 0.290. The zero-order chi connectivity index (χ0) is 17.8. The lowest BCUT2D eigenvalue weighted by atomic mass is 10.3. The monoisotopic (exact) mass is 349 g/mol. The van der Waals surface area contributed by atoms with E-state index in [9.17, 15) is 4.39 Å². The molecule has 0 bridgehead atoms. The molecule has 0 saturated heterocycles. The quantitative estimate of drug-likeness (QED) is 0.516. The number of aromatic nitrogens is 3. The van der Waals surface area contributed by atoms with Crippen molar-refractivity contribution in [3.05, 3.63) is 79.0 Å². The molecule has 2 heterocycles. The van der Waals surface area contributed by atoms with E-state index >= 15 is 0 Å². The number of fused-ring (bicyclic) bond motifs is 1. The maximum Gasteiger partial charge on any atom is 0.159 e. The van der Waals surface area contributed by atoms with Crippen LogP contribution in [0.3, 0.4) is 0 Å². The molecule has 2 aromatic carbocycles. The summed E-state index contributed by atoms with van der Waals surface area (Å²) in [6, 6.07) is 17.0. The lowest BCUT2D eigenvalue weighted by Crippen LogP contribution is -2.07. The van der Waals surface area contributed by atoms with Gasteiger partial charge in [-0.1, -0.05) is 0 Å². The van der Waals surface area contributed by atoms with Gasteiger partial charge in [0, 0.05) is 6.20 Å². The standard InChI is InChI=1S/C20H16FN3O2/c21-15-3-5-17(6-4-15)26-18-9-7-16(8-10-18)25-13-12-24-14-23-19-2-1-11-22-20(19)24/h1-11,14H,12-13H2. The van der Waals surface area contributed by atoms with Crippen molar-refractivity contribution in [3.63, 3.8) is 0 Å². The van der Waals surface area contributed by atoms with Crippen LogP contribution < -0.4 is 9.47 Å². The van der Waals surface area contributed by atoms with Gasteiger partial charge >= 0.3 is 0 Å². The van der Waals surface area contributed by atoms with E-state index in [0.717, 1.165) is 16.9 Å². The molecule has 0 aliphatic heterocycles. The third-order valence-corrected chi connectivity index (χ3v) is 3.85. The molecule has 0 fully saturated rings. The Morgan fingerprint density at radius 2 is 1.54 bits per heavy atom. The summed E-state index contributed by atoms with van der Waals surface area (Å²) in [5.74, 6) is 1.70. The van der Waals surface area contributed by atoms with Crippen LogP contribution in [0, 0.1) is 5.82 Å². The Kier molecular flexibility index (Phi) is 4.47. The van der Waals surface area contributed by atoms with Crippen molar-refractivity contribution < 1.29 is 13.9 Å². The Morgan fingerprint density at radius 3 is 2.31 bits per heavy atom. The fourth-order valence-corrected chi connectivity index (χ4v) is 2.57. The van der Waals surface area contributed by atoms with Crippen LogP contribution in [0.15, 0.2) is 73.2 Å². The average Bonchev–Trinajstić information content (AvgIpc) is 3.08. The van der Waals surface area contributed by atoms with E-state index in [0.29, 0.717) is 24.7 Å². The Bertz CT molecular complexity index is 998. The predicted molar refractivity (Wildman–Crippen MR) is 95.9 cm³/mol. The number of hydrogen-bond acceptors (Lipinski definition) is 4. The second-order valence-corrected chi connectivity index (χ2v) is 5.66. The minimum atomic E-state index is -0.290. The van der Waals surface area contributed by atoms with Gasteiger partial charge in [0.25, 0.3) is 0 Å². The van der Waals surface area contributed by atoms with Crippen molar-refractivity contribution in [1.82, 2.24) is 14.5 Å². The SMILES string of the molecule is Fc1ccc(Oc2ccc(OCCn3cnc4cccnc43)cc2)cc1. The lowest BCUT2D eigenvalue weighted by Gasteiger charge is -2.09. The number of benzene rings is 2. The predicted octanol–water partition coefficient (Wildman–Crippen LogP) is 4.44. The first kappa shape index (κ1) is 16.1. The zero-order valence-electron chi connectivity index (χ0n) is 13.9. The molecule has 26 heavy (non-hydrogen) atoms. The summed E-state index contributed by atoms with van der Waals surface area (Å²) in [5, 5.41) is 0. The lowest BCUT2D eigenvalue weighted by molar-refractivity contribution is 0.299. The summed E-state index contributed by atoms with van der Waals surface area (Å²) < 4.78 is 26.3. The third-order valence-electron chi connectivity index (χ3n) is 3.85. The van der Waals surface area contributed by atoms with E-state index in [2.05, 4.69) is 9.97 Å². The molecule has 130 valence electrons. The van der Waals surface area contributed by atoms with E-state index in [-0.39, 0.29) is 5.82 Å². The minimum Gasteiger partial charge on any atom is -0.492 e. The molecular weight excluding hydrogens is 333 g/mol. The first-order chi connectivity index (χ1) is 12.8. The smallest absolute Gasteiger partial charge is 0.159 e. The number of rotatable bonds is 6. The molecule has 0 atom stereocenters.